The predicted octanol–water partition coefficient (Wildman–Crippen LogP) is 2.95. The molecule has 0 aliphatic carbocycles. The monoisotopic (exact) mass is 277 g/mol. The second kappa shape index (κ2) is 6.73. The van der Waals surface area contributed by atoms with Crippen molar-refractivity contribution in [1.82, 2.24) is 10.1 Å². The first-order valence-corrected chi connectivity index (χ1v) is 7.39. The van der Waals surface area contributed by atoms with Crippen molar-refractivity contribution >= 4 is 11.8 Å². The first kappa shape index (κ1) is 14.1. The van der Waals surface area contributed by atoms with Gasteiger partial charge in [0.2, 0.25) is 5.89 Å². The number of aryl methyl sites for hydroxylation is 2. The topological polar surface area (TPSA) is 64.9 Å². The van der Waals surface area contributed by atoms with Gasteiger partial charge in [-0.2, -0.15) is 4.98 Å². The van der Waals surface area contributed by atoms with Gasteiger partial charge in [-0.3, -0.25) is 0 Å². The van der Waals surface area contributed by atoms with Crippen molar-refractivity contribution in [3.05, 3.63) is 41.5 Å². The highest BCUT2D eigenvalue weighted by Crippen LogP contribution is 2.24. The SMILES string of the molecule is Cc1ccccc1SCc1noc(CCC(C)N)n1. The van der Waals surface area contributed by atoms with Crippen LogP contribution >= 0.6 is 11.8 Å². The molecular weight excluding hydrogens is 258 g/mol. The quantitative estimate of drug-likeness (QED) is 0.822. The van der Waals surface area contributed by atoms with Gasteiger partial charge in [0.25, 0.3) is 0 Å². The number of nitrogens with two attached hydrogens (primary N) is 1. The predicted molar refractivity (Wildman–Crippen MR) is 77.0 cm³/mol. The maximum atomic E-state index is 5.70. The van der Waals surface area contributed by atoms with E-state index in [0.717, 1.165) is 24.4 Å². The van der Waals surface area contributed by atoms with E-state index in [1.165, 1.54) is 10.5 Å². The summed E-state index contributed by atoms with van der Waals surface area (Å²) in [5, 5.41) is 3.99. The maximum absolute atomic E-state index is 5.70. The molecule has 0 bridgehead atoms. The lowest BCUT2D eigenvalue weighted by Crippen LogP contribution is -2.15. The van der Waals surface area contributed by atoms with Gasteiger partial charge in [0.1, 0.15) is 0 Å². The molecule has 5 heteroatoms. The van der Waals surface area contributed by atoms with Gasteiger partial charge in [0.05, 0.1) is 5.75 Å². The molecule has 1 unspecified atom stereocenters. The lowest BCUT2D eigenvalue weighted by atomic mass is 10.2. The van der Waals surface area contributed by atoms with Crippen LogP contribution < -0.4 is 5.73 Å². The van der Waals surface area contributed by atoms with Crippen LogP contribution in [0.3, 0.4) is 0 Å². The Morgan fingerprint density at radius 2 is 2.16 bits per heavy atom. The van der Waals surface area contributed by atoms with E-state index in [1.807, 2.05) is 19.1 Å². The van der Waals surface area contributed by atoms with Crippen molar-refractivity contribution in [3.8, 4) is 0 Å². The summed E-state index contributed by atoms with van der Waals surface area (Å²) >= 11 is 1.73. The van der Waals surface area contributed by atoms with Gasteiger partial charge < -0.3 is 10.3 Å². The molecule has 1 aromatic carbocycles. The van der Waals surface area contributed by atoms with Crippen LogP contribution in [0.15, 0.2) is 33.7 Å². The molecule has 1 atom stereocenters. The highest BCUT2D eigenvalue weighted by molar-refractivity contribution is 7.98. The van der Waals surface area contributed by atoms with Crippen LogP contribution in [-0.2, 0) is 12.2 Å². The van der Waals surface area contributed by atoms with Gasteiger partial charge in [-0.15, -0.1) is 11.8 Å². The molecule has 0 aliphatic heterocycles. The average Bonchev–Trinajstić information content (AvgIpc) is 2.83. The van der Waals surface area contributed by atoms with E-state index < -0.39 is 0 Å². The zero-order valence-corrected chi connectivity index (χ0v) is 12.1. The Kier molecular flexibility index (Phi) is 4.99. The number of hydrogen-bond acceptors (Lipinski definition) is 5. The third-order valence-corrected chi connectivity index (χ3v) is 3.95. The van der Waals surface area contributed by atoms with Crippen molar-refractivity contribution in [2.45, 2.75) is 43.4 Å². The minimum atomic E-state index is 0.164. The molecule has 1 heterocycles. The Hall–Kier alpha value is -1.33. The number of thioether (sulfide) groups is 1. The summed E-state index contributed by atoms with van der Waals surface area (Å²) in [4.78, 5) is 5.63. The number of benzene rings is 1. The number of nitrogens with zero attached hydrogens (tertiary/aromatic N) is 2. The number of hydrogen-bond donors (Lipinski definition) is 1. The molecule has 0 saturated heterocycles. The molecule has 0 aliphatic rings. The Morgan fingerprint density at radius 1 is 1.37 bits per heavy atom. The van der Waals surface area contributed by atoms with Gasteiger partial charge in [0, 0.05) is 17.4 Å². The largest absolute Gasteiger partial charge is 0.339 e. The fourth-order valence-electron chi connectivity index (χ4n) is 1.66. The molecule has 2 N–H and O–H groups in total. The molecule has 1 aromatic heterocycles. The van der Waals surface area contributed by atoms with Crippen LogP contribution in [0.5, 0.6) is 0 Å². The third-order valence-electron chi connectivity index (χ3n) is 2.77. The summed E-state index contributed by atoms with van der Waals surface area (Å²) in [6.45, 7) is 4.08. The van der Waals surface area contributed by atoms with Gasteiger partial charge >= 0.3 is 0 Å². The summed E-state index contributed by atoms with van der Waals surface area (Å²) < 4.78 is 5.20. The Balaban J connectivity index is 1.88. The number of aromatic nitrogens is 2. The lowest BCUT2D eigenvalue weighted by molar-refractivity contribution is 0.368. The fraction of sp³-hybridized carbons (Fsp3) is 0.429. The van der Waals surface area contributed by atoms with Gasteiger partial charge in [-0.25, -0.2) is 0 Å². The van der Waals surface area contributed by atoms with Gasteiger partial charge in [-0.05, 0) is 31.9 Å². The molecule has 19 heavy (non-hydrogen) atoms. The van der Waals surface area contributed by atoms with Crippen LogP contribution in [-0.4, -0.2) is 16.2 Å². The summed E-state index contributed by atoms with van der Waals surface area (Å²) in [5.41, 5.74) is 6.98. The zero-order chi connectivity index (χ0) is 13.7. The molecule has 0 radical (unpaired) electrons. The second-order valence-corrected chi connectivity index (χ2v) is 5.69. The Labute approximate surface area is 117 Å². The van der Waals surface area contributed by atoms with Crippen LogP contribution in [0.1, 0.15) is 30.6 Å². The number of rotatable bonds is 6. The van der Waals surface area contributed by atoms with Crippen molar-refractivity contribution < 1.29 is 4.52 Å². The van der Waals surface area contributed by atoms with E-state index in [1.54, 1.807) is 11.8 Å². The first-order valence-electron chi connectivity index (χ1n) is 6.40. The summed E-state index contributed by atoms with van der Waals surface area (Å²) in [6, 6.07) is 8.46. The summed E-state index contributed by atoms with van der Waals surface area (Å²) in [6.07, 6.45) is 1.62. The standard InChI is InChI=1S/C14H19N3OS/c1-10-5-3-4-6-12(10)19-9-13-16-14(18-17-13)8-7-11(2)15/h3-6,11H,7-9,15H2,1-2H3. The van der Waals surface area contributed by atoms with E-state index >= 15 is 0 Å². The zero-order valence-electron chi connectivity index (χ0n) is 11.3. The smallest absolute Gasteiger partial charge is 0.226 e. The van der Waals surface area contributed by atoms with Crippen LogP contribution in [0.25, 0.3) is 0 Å². The highest BCUT2D eigenvalue weighted by Gasteiger charge is 2.08. The minimum Gasteiger partial charge on any atom is -0.339 e. The molecule has 0 saturated carbocycles. The van der Waals surface area contributed by atoms with E-state index in [-0.39, 0.29) is 6.04 Å². The van der Waals surface area contributed by atoms with E-state index in [9.17, 15) is 0 Å². The molecular formula is C14H19N3OS. The fourth-order valence-corrected chi connectivity index (χ4v) is 2.53. The van der Waals surface area contributed by atoms with E-state index in [0.29, 0.717) is 5.89 Å². The summed E-state index contributed by atoms with van der Waals surface area (Å²) in [5.74, 6) is 2.15. The van der Waals surface area contributed by atoms with Gasteiger partial charge in [0.15, 0.2) is 5.82 Å². The lowest BCUT2D eigenvalue weighted by Gasteiger charge is -2.02. The molecule has 102 valence electrons. The van der Waals surface area contributed by atoms with Crippen molar-refractivity contribution in [3.63, 3.8) is 0 Å². The Bertz CT molecular complexity index is 525. The minimum absolute atomic E-state index is 0.164. The van der Waals surface area contributed by atoms with Crippen LogP contribution in [0.2, 0.25) is 0 Å². The highest BCUT2D eigenvalue weighted by atomic mass is 32.2. The second-order valence-electron chi connectivity index (χ2n) is 4.67. The van der Waals surface area contributed by atoms with E-state index in [2.05, 4.69) is 29.2 Å². The van der Waals surface area contributed by atoms with Crippen LogP contribution in [0, 0.1) is 6.92 Å². The average molecular weight is 277 g/mol. The summed E-state index contributed by atoms with van der Waals surface area (Å²) in [7, 11) is 0. The van der Waals surface area contributed by atoms with Gasteiger partial charge in [-0.1, -0.05) is 23.4 Å². The third kappa shape index (κ3) is 4.36. The maximum Gasteiger partial charge on any atom is 0.226 e. The molecule has 0 fully saturated rings. The van der Waals surface area contributed by atoms with E-state index in [4.69, 9.17) is 10.3 Å². The molecule has 0 amide bonds. The molecule has 2 rings (SSSR count). The molecule has 4 nitrogen and oxygen atoms in total. The van der Waals surface area contributed by atoms with Crippen LogP contribution in [0.4, 0.5) is 0 Å². The van der Waals surface area contributed by atoms with Crippen molar-refractivity contribution in [1.29, 1.82) is 0 Å². The van der Waals surface area contributed by atoms with Crippen molar-refractivity contribution in [2.24, 2.45) is 5.73 Å². The molecule has 0 spiro atoms. The first-order chi connectivity index (χ1) is 9.15. The normalized spacial score (nSPS) is 12.6. The van der Waals surface area contributed by atoms with Crippen molar-refractivity contribution in [2.75, 3.05) is 0 Å². The Morgan fingerprint density at radius 3 is 2.89 bits per heavy atom. The molecule has 2 aromatic rings.